The Balaban J connectivity index is 2.50. The van der Waals surface area contributed by atoms with Gasteiger partial charge in [-0.2, -0.15) is 0 Å². The smallest absolute Gasteiger partial charge is 0.0494 e. The van der Waals surface area contributed by atoms with Gasteiger partial charge in [0.2, 0.25) is 0 Å². The first-order chi connectivity index (χ1) is 9.11. The fourth-order valence-electron chi connectivity index (χ4n) is 2.94. The first-order valence-electron chi connectivity index (χ1n) is 7.12. The van der Waals surface area contributed by atoms with Crippen LogP contribution in [0.5, 0.6) is 0 Å². The van der Waals surface area contributed by atoms with Crippen molar-refractivity contribution >= 4 is 21.8 Å². The largest absolute Gasteiger partial charge is 0.338 e. The molecule has 1 nitrogen and oxygen atoms in total. The molecule has 1 heterocycles. The summed E-state index contributed by atoms with van der Waals surface area (Å²) in [6, 6.07) is 14.1. The average molecular weight is 251 g/mol. The van der Waals surface area contributed by atoms with Gasteiger partial charge in [0.25, 0.3) is 0 Å². The van der Waals surface area contributed by atoms with Crippen molar-refractivity contribution in [2.24, 2.45) is 0 Å². The molecule has 0 aliphatic rings. The molecule has 0 aliphatic heterocycles. The zero-order valence-electron chi connectivity index (χ0n) is 12.2. The van der Waals surface area contributed by atoms with Crippen LogP contribution in [-0.2, 0) is 0 Å². The summed E-state index contributed by atoms with van der Waals surface area (Å²) in [7, 11) is 0. The molecule has 0 aliphatic carbocycles. The maximum absolute atomic E-state index is 2.49. The molecular weight excluding hydrogens is 230 g/mol. The summed E-state index contributed by atoms with van der Waals surface area (Å²) in [5.74, 6) is 0. The molecule has 0 N–H and O–H groups in total. The highest BCUT2D eigenvalue weighted by Gasteiger charge is 2.14. The Morgan fingerprint density at radius 2 is 1.37 bits per heavy atom. The zero-order valence-corrected chi connectivity index (χ0v) is 12.2. The number of nitrogens with zero attached hydrogens (tertiary/aromatic N) is 1. The highest BCUT2D eigenvalue weighted by atomic mass is 15.0. The van der Waals surface area contributed by atoms with Gasteiger partial charge in [-0.05, 0) is 51.5 Å². The van der Waals surface area contributed by atoms with E-state index in [4.69, 9.17) is 0 Å². The standard InChI is InChI=1S/C18H21N/c1-5-14(4)19-17-8-6-12(2)10-15(17)16-11-13(3)7-9-18(16)19/h6-11,14H,5H2,1-4H3. The monoisotopic (exact) mass is 251 g/mol. The minimum Gasteiger partial charge on any atom is -0.338 e. The SMILES string of the molecule is CCC(C)n1c2ccc(C)cc2c2cc(C)ccc21. The van der Waals surface area contributed by atoms with Crippen LogP contribution in [0.25, 0.3) is 21.8 Å². The Bertz CT molecular complexity index is 690. The predicted octanol–water partition coefficient (Wildman–Crippen LogP) is 5.38. The topological polar surface area (TPSA) is 4.93 Å². The molecule has 0 fully saturated rings. The molecule has 1 unspecified atom stereocenters. The minimum absolute atomic E-state index is 0.533. The predicted molar refractivity (Wildman–Crippen MR) is 83.9 cm³/mol. The van der Waals surface area contributed by atoms with Crippen molar-refractivity contribution in [1.82, 2.24) is 4.57 Å². The van der Waals surface area contributed by atoms with E-state index < -0.39 is 0 Å². The maximum atomic E-state index is 2.49. The Morgan fingerprint density at radius 1 is 0.895 bits per heavy atom. The molecule has 0 saturated carbocycles. The summed E-state index contributed by atoms with van der Waals surface area (Å²) >= 11 is 0. The second kappa shape index (κ2) is 4.41. The lowest BCUT2D eigenvalue weighted by atomic mass is 10.1. The van der Waals surface area contributed by atoms with Gasteiger partial charge in [-0.3, -0.25) is 0 Å². The van der Waals surface area contributed by atoms with Crippen LogP contribution in [0.3, 0.4) is 0 Å². The van der Waals surface area contributed by atoms with Crippen molar-refractivity contribution < 1.29 is 0 Å². The molecule has 19 heavy (non-hydrogen) atoms. The molecule has 0 saturated heterocycles. The first-order valence-corrected chi connectivity index (χ1v) is 7.12. The van der Waals surface area contributed by atoms with E-state index >= 15 is 0 Å². The highest BCUT2D eigenvalue weighted by Crippen LogP contribution is 2.33. The van der Waals surface area contributed by atoms with Gasteiger partial charge < -0.3 is 4.57 Å². The molecule has 1 atom stereocenters. The molecule has 98 valence electrons. The number of hydrogen-bond donors (Lipinski definition) is 0. The Hall–Kier alpha value is -1.76. The molecule has 2 aromatic carbocycles. The van der Waals surface area contributed by atoms with Gasteiger partial charge >= 0.3 is 0 Å². The van der Waals surface area contributed by atoms with E-state index in [9.17, 15) is 0 Å². The summed E-state index contributed by atoms with van der Waals surface area (Å²) in [5, 5.41) is 2.78. The van der Waals surface area contributed by atoms with Crippen molar-refractivity contribution in [2.75, 3.05) is 0 Å². The van der Waals surface area contributed by atoms with Gasteiger partial charge in [0.1, 0.15) is 0 Å². The summed E-state index contributed by atoms with van der Waals surface area (Å²) in [4.78, 5) is 0. The summed E-state index contributed by atoms with van der Waals surface area (Å²) < 4.78 is 2.49. The summed E-state index contributed by atoms with van der Waals surface area (Å²) in [6.45, 7) is 8.90. The molecule has 0 spiro atoms. The van der Waals surface area contributed by atoms with Crippen LogP contribution in [0.2, 0.25) is 0 Å². The number of rotatable bonds is 2. The maximum Gasteiger partial charge on any atom is 0.0494 e. The van der Waals surface area contributed by atoms with E-state index in [1.807, 2.05) is 0 Å². The normalized spacial score (nSPS) is 13.3. The van der Waals surface area contributed by atoms with Crippen LogP contribution in [-0.4, -0.2) is 4.57 Å². The molecule has 0 amide bonds. The number of aryl methyl sites for hydroxylation is 2. The van der Waals surface area contributed by atoms with Gasteiger partial charge in [0.15, 0.2) is 0 Å². The number of benzene rings is 2. The number of fused-ring (bicyclic) bond motifs is 3. The molecule has 0 radical (unpaired) electrons. The average Bonchev–Trinajstić information content (AvgIpc) is 2.71. The van der Waals surface area contributed by atoms with Crippen LogP contribution in [0.4, 0.5) is 0 Å². The van der Waals surface area contributed by atoms with E-state index in [0.717, 1.165) is 6.42 Å². The molecule has 3 aromatic rings. The van der Waals surface area contributed by atoms with Crippen LogP contribution in [0.15, 0.2) is 36.4 Å². The fraction of sp³-hybridized carbons (Fsp3) is 0.333. The van der Waals surface area contributed by atoms with E-state index in [0.29, 0.717) is 6.04 Å². The van der Waals surface area contributed by atoms with Gasteiger partial charge in [0.05, 0.1) is 0 Å². The lowest BCUT2D eigenvalue weighted by molar-refractivity contribution is 0.563. The second-order valence-electron chi connectivity index (χ2n) is 5.67. The fourth-order valence-corrected chi connectivity index (χ4v) is 2.94. The van der Waals surface area contributed by atoms with E-state index in [-0.39, 0.29) is 0 Å². The van der Waals surface area contributed by atoms with Crippen molar-refractivity contribution in [2.45, 2.75) is 40.2 Å². The molecular formula is C18H21N. The molecule has 3 rings (SSSR count). The summed E-state index contributed by atoms with van der Waals surface area (Å²) in [5.41, 5.74) is 5.38. The Kier molecular flexibility index (Phi) is 2.85. The van der Waals surface area contributed by atoms with E-state index in [2.05, 4.69) is 68.7 Å². The van der Waals surface area contributed by atoms with Gasteiger partial charge in [-0.1, -0.05) is 30.2 Å². The van der Waals surface area contributed by atoms with Crippen molar-refractivity contribution in [3.63, 3.8) is 0 Å². The zero-order chi connectivity index (χ0) is 13.6. The van der Waals surface area contributed by atoms with Crippen molar-refractivity contribution in [3.8, 4) is 0 Å². The quantitative estimate of drug-likeness (QED) is 0.576. The second-order valence-corrected chi connectivity index (χ2v) is 5.67. The van der Waals surface area contributed by atoms with E-state index in [1.165, 1.54) is 32.9 Å². The third-order valence-corrected chi connectivity index (χ3v) is 4.14. The Morgan fingerprint density at radius 3 is 1.79 bits per heavy atom. The molecule has 1 heteroatoms. The molecule has 0 bridgehead atoms. The van der Waals surface area contributed by atoms with Gasteiger partial charge in [-0.25, -0.2) is 0 Å². The Labute approximate surface area is 114 Å². The van der Waals surface area contributed by atoms with Crippen LogP contribution in [0, 0.1) is 13.8 Å². The minimum atomic E-state index is 0.533. The third kappa shape index (κ3) is 1.85. The number of hydrogen-bond acceptors (Lipinski definition) is 0. The highest BCUT2D eigenvalue weighted by molar-refractivity contribution is 6.08. The third-order valence-electron chi connectivity index (χ3n) is 4.14. The number of aromatic nitrogens is 1. The lowest BCUT2D eigenvalue weighted by Gasteiger charge is -2.14. The first kappa shape index (κ1) is 12.3. The van der Waals surface area contributed by atoms with Gasteiger partial charge in [0, 0.05) is 27.8 Å². The van der Waals surface area contributed by atoms with Crippen LogP contribution in [0.1, 0.15) is 37.4 Å². The summed E-state index contributed by atoms with van der Waals surface area (Å²) in [6.07, 6.45) is 1.15. The van der Waals surface area contributed by atoms with Crippen molar-refractivity contribution in [3.05, 3.63) is 47.5 Å². The lowest BCUT2D eigenvalue weighted by Crippen LogP contribution is -2.02. The van der Waals surface area contributed by atoms with Gasteiger partial charge in [-0.15, -0.1) is 0 Å². The van der Waals surface area contributed by atoms with Crippen LogP contribution >= 0.6 is 0 Å². The van der Waals surface area contributed by atoms with E-state index in [1.54, 1.807) is 0 Å². The molecule has 1 aromatic heterocycles. The van der Waals surface area contributed by atoms with Crippen molar-refractivity contribution in [1.29, 1.82) is 0 Å². The van der Waals surface area contributed by atoms with Crippen LogP contribution < -0.4 is 0 Å².